The van der Waals surface area contributed by atoms with Crippen molar-refractivity contribution in [3.8, 4) is 39.9 Å². The van der Waals surface area contributed by atoms with Crippen molar-refractivity contribution in [2.75, 3.05) is 0 Å². The molecule has 0 saturated heterocycles. The van der Waals surface area contributed by atoms with Crippen molar-refractivity contribution in [1.29, 1.82) is 0 Å². The number of rotatable bonds is 4. The Balaban J connectivity index is 1.18. The Kier molecular flexibility index (Phi) is 6.39. The molecule has 0 spiro atoms. The quantitative estimate of drug-likeness (QED) is 0.186. The molecule has 3 heterocycles. The summed E-state index contributed by atoms with van der Waals surface area (Å²) >= 11 is 1.80. The Hall–Kier alpha value is -6.69. The molecule has 0 atom stereocenters. The maximum atomic E-state index is 5.23. The molecule has 11 aromatic rings. The van der Waals surface area contributed by atoms with Gasteiger partial charge in [-0.3, -0.25) is 0 Å². The third-order valence-electron chi connectivity index (χ3n) is 10.2. The molecule has 0 bridgehead atoms. The topological polar surface area (TPSA) is 43.6 Å². The minimum atomic E-state index is 0.638. The average Bonchev–Trinajstić information content (AvgIpc) is 3.74. The molecule has 0 amide bonds. The highest BCUT2D eigenvalue weighted by atomic mass is 32.1. The number of hydrogen-bond acceptors (Lipinski definition) is 4. The number of benzene rings is 8. The van der Waals surface area contributed by atoms with E-state index in [1.54, 1.807) is 11.3 Å². The SMILES string of the molecule is c1ccc(-c2nc(-c3cc(-n4c5ccccc5c5cc6ccccc6cc54)c4ccccc4c3)nc(-c3ccc4c(c3)sc3ccccc34)n2)cc1. The summed E-state index contributed by atoms with van der Waals surface area (Å²) in [5, 5.41) is 9.71. The zero-order chi connectivity index (χ0) is 34.2. The van der Waals surface area contributed by atoms with Crippen LogP contribution in [-0.4, -0.2) is 19.5 Å². The molecule has 0 saturated carbocycles. The second-order valence-electron chi connectivity index (χ2n) is 13.3. The van der Waals surface area contributed by atoms with Gasteiger partial charge >= 0.3 is 0 Å². The van der Waals surface area contributed by atoms with Gasteiger partial charge in [0.25, 0.3) is 0 Å². The molecule has 5 heteroatoms. The standard InChI is InChI=1S/C47H28N4S/c1-2-12-29(13-3-1)45-48-46(33-22-23-38-37-19-9-11-21-43(37)52-44(38)28-33)50-47(49-45)34-24-32-16-6-7-17-35(32)41(27-34)51-40-20-10-8-18-36(40)39-25-30-14-4-5-15-31(30)26-42(39)51/h1-28H. The van der Waals surface area contributed by atoms with Crippen LogP contribution in [0.1, 0.15) is 0 Å². The van der Waals surface area contributed by atoms with Crippen molar-refractivity contribution in [3.63, 3.8) is 0 Å². The number of fused-ring (bicyclic) bond motifs is 8. The summed E-state index contributed by atoms with van der Waals surface area (Å²) in [5.74, 6) is 1.94. The van der Waals surface area contributed by atoms with Gasteiger partial charge in [0.2, 0.25) is 0 Å². The summed E-state index contributed by atoms with van der Waals surface area (Å²) in [4.78, 5) is 15.5. The Morgan fingerprint density at radius 2 is 0.962 bits per heavy atom. The molecular formula is C47H28N4S. The van der Waals surface area contributed by atoms with E-state index < -0.39 is 0 Å². The Morgan fingerprint density at radius 3 is 1.79 bits per heavy atom. The Morgan fingerprint density at radius 1 is 0.346 bits per heavy atom. The van der Waals surface area contributed by atoms with Gasteiger partial charge in [0.1, 0.15) is 0 Å². The molecule has 11 rings (SSSR count). The fraction of sp³-hybridized carbons (Fsp3) is 0. The first-order valence-corrected chi connectivity index (χ1v) is 18.3. The van der Waals surface area contributed by atoms with Gasteiger partial charge in [0, 0.05) is 53.0 Å². The van der Waals surface area contributed by atoms with E-state index in [1.807, 2.05) is 18.2 Å². The first-order chi connectivity index (χ1) is 25.7. The van der Waals surface area contributed by atoms with Crippen molar-refractivity contribution in [2.24, 2.45) is 0 Å². The molecule has 3 aromatic heterocycles. The van der Waals surface area contributed by atoms with Gasteiger partial charge in [-0.05, 0) is 58.6 Å². The van der Waals surface area contributed by atoms with Crippen LogP contribution >= 0.6 is 11.3 Å². The van der Waals surface area contributed by atoms with Gasteiger partial charge < -0.3 is 4.57 Å². The van der Waals surface area contributed by atoms with Crippen LogP contribution in [0.4, 0.5) is 0 Å². The lowest BCUT2D eigenvalue weighted by Gasteiger charge is -2.15. The van der Waals surface area contributed by atoms with E-state index in [2.05, 4.69) is 156 Å². The number of para-hydroxylation sites is 1. The van der Waals surface area contributed by atoms with Crippen LogP contribution < -0.4 is 0 Å². The molecule has 52 heavy (non-hydrogen) atoms. The number of thiophene rings is 1. The maximum Gasteiger partial charge on any atom is 0.164 e. The average molecular weight is 681 g/mol. The summed E-state index contributed by atoms with van der Waals surface area (Å²) in [7, 11) is 0. The maximum absolute atomic E-state index is 5.23. The van der Waals surface area contributed by atoms with Crippen molar-refractivity contribution in [1.82, 2.24) is 19.5 Å². The van der Waals surface area contributed by atoms with Gasteiger partial charge in [-0.25, -0.2) is 15.0 Å². The van der Waals surface area contributed by atoms with Gasteiger partial charge in [0.05, 0.1) is 16.7 Å². The van der Waals surface area contributed by atoms with Crippen LogP contribution in [0, 0.1) is 0 Å². The lowest BCUT2D eigenvalue weighted by Crippen LogP contribution is -2.02. The second kappa shape index (κ2) is 11.4. The van der Waals surface area contributed by atoms with E-state index in [-0.39, 0.29) is 0 Å². The van der Waals surface area contributed by atoms with Crippen molar-refractivity contribution >= 4 is 74.9 Å². The third kappa shape index (κ3) is 4.57. The normalized spacial score (nSPS) is 11.8. The smallest absolute Gasteiger partial charge is 0.164 e. The van der Waals surface area contributed by atoms with E-state index in [0.717, 1.165) is 38.7 Å². The van der Waals surface area contributed by atoms with Crippen LogP contribution in [0.25, 0.3) is 103 Å². The molecule has 0 fully saturated rings. The zero-order valence-electron chi connectivity index (χ0n) is 27.9. The third-order valence-corrected chi connectivity index (χ3v) is 11.3. The van der Waals surface area contributed by atoms with Gasteiger partial charge in [-0.2, -0.15) is 0 Å². The summed E-state index contributed by atoms with van der Waals surface area (Å²) in [5.41, 5.74) is 6.27. The van der Waals surface area contributed by atoms with Crippen LogP contribution in [0.2, 0.25) is 0 Å². The lowest BCUT2D eigenvalue weighted by molar-refractivity contribution is 1.07. The monoisotopic (exact) mass is 680 g/mol. The lowest BCUT2D eigenvalue weighted by atomic mass is 10.0. The summed E-state index contributed by atoms with van der Waals surface area (Å²) in [6.45, 7) is 0. The summed E-state index contributed by atoms with van der Waals surface area (Å²) in [6, 6.07) is 60.4. The van der Waals surface area contributed by atoms with E-state index in [1.165, 1.54) is 47.2 Å². The molecule has 0 aliphatic carbocycles. The predicted molar refractivity (Wildman–Crippen MR) is 218 cm³/mol. The fourth-order valence-electron chi connectivity index (χ4n) is 7.73. The minimum Gasteiger partial charge on any atom is -0.309 e. The number of hydrogen-bond donors (Lipinski definition) is 0. The molecule has 4 nitrogen and oxygen atoms in total. The predicted octanol–water partition coefficient (Wildman–Crippen LogP) is 12.6. The molecule has 0 aliphatic rings. The summed E-state index contributed by atoms with van der Waals surface area (Å²) < 4.78 is 4.91. The van der Waals surface area contributed by atoms with Crippen LogP contribution in [0.5, 0.6) is 0 Å². The van der Waals surface area contributed by atoms with Crippen LogP contribution in [0.15, 0.2) is 170 Å². The summed E-state index contributed by atoms with van der Waals surface area (Å²) in [6.07, 6.45) is 0. The second-order valence-corrected chi connectivity index (χ2v) is 14.4. The first-order valence-electron chi connectivity index (χ1n) is 17.4. The van der Waals surface area contributed by atoms with Gasteiger partial charge in [-0.1, -0.05) is 127 Å². The highest BCUT2D eigenvalue weighted by Crippen LogP contribution is 2.40. The Bertz CT molecular complexity index is 3190. The zero-order valence-corrected chi connectivity index (χ0v) is 28.7. The fourth-order valence-corrected chi connectivity index (χ4v) is 8.88. The van der Waals surface area contributed by atoms with Gasteiger partial charge in [-0.15, -0.1) is 11.3 Å². The molecule has 0 aliphatic heterocycles. The van der Waals surface area contributed by atoms with Crippen molar-refractivity contribution in [2.45, 2.75) is 0 Å². The minimum absolute atomic E-state index is 0.638. The van der Waals surface area contributed by atoms with Crippen LogP contribution in [0.3, 0.4) is 0 Å². The van der Waals surface area contributed by atoms with Crippen molar-refractivity contribution in [3.05, 3.63) is 170 Å². The molecule has 242 valence electrons. The Labute approximate surface area is 302 Å². The van der Waals surface area contributed by atoms with E-state index >= 15 is 0 Å². The molecule has 0 radical (unpaired) electrons. The van der Waals surface area contributed by atoms with E-state index in [4.69, 9.17) is 15.0 Å². The van der Waals surface area contributed by atoms with Crippen molar-refractivity contribution < 1.29 is 0 Å². The van der Waals surface area contributed by atoms with Crippen LogP contribution in [-0.2, 0) is 0 Å². The van der Waals surface area contributed by atoms with Gasteiger partial charge in [0.15, 0.2) is 17.5 Å². The molecule has 8 aromatic carbocycles. The largest absolute Gasteiger partial charge is 0.309 e. The molecule has 0 N–H and O–H groups in total. The highest BCUT2D eigenvalue weighted by Gasteiger charge is 2.19. The highest BCUT2D eigenvalue weighted by molar-refractivity contribution is 7.25. The molecule has 0 unspecified atom stereocenters. The van der Waals surface area contributed by atoms with E-state index in [0.29, 0.717) is 17.5 Å². The first kappa shape index (κ1) is 29.1. The number of nitrogens with zero attached hydrogens (tertiary/aromatic N) is 4. The molecular weight excluding hydrogens is 653 g/mol. The van der Waals surface area contributed by atoms with E-state index in [9.17, 15) is 0 Å². The number of aromatic nitrogens is 4.